The Morgan fingerprint density at radius 2 is 1.90 bits per heavy atom. The predicted molar refractivity (Wildman–Crippen MR) is 77.9 cm³/mol. The molecule has 2 N–H and O–H groups in total. The minimum Gasteiger partial charge on any atom is -0.397 e. The van der Waals surface area contributed by atoms with E-state index in [4.69, 9.17) is 17.3 Å². The Kier molecular flexibility index (Phi) is 4.29. The van der Waals surface area contributed by atoms with Gasteiger partial charge in [0.15, 0.2) is 9.84 Å². The molecule has 1 heterocycles. The zero-order valence-electron chi connectivity index (χ0n) is 10.6. The van der Waals surface area contributed by atoms with Crippen LogP contribution >= 0.6 is 11.6 Å². The van der Waals surface area contributed by atoms with Gasteiger partial charge in [-0.1, -0.05) is 11.6 Å². The highest BCUT2D eigenvalue weighted by molar-refractivity contribution is 7.91. The van der Waals surface area contributed by atoms with Crippen molar-refractivity contribution in [3.8, 4) is 0 Å². The minimum atomic E-state index is -3.74. The standard InChI is InChI=1S/C11H15ClN2O4S2/c12-10-3-2-9(8-11(10)13)20(17,18)14-4-1-6-19(15,16)7-5-14/h2-3,8H,1,4-7,13H2. The Hall–Kier alpha value is -0.830. The SMILES string of the molecule is Nc1cc(S(=O)(=O)N2CCCS(=O)(=O)CC2)ccc1Cl. The highest BCUT2D eigenvalue weighted by Crippen LogP contribution is 2.25. The van der Waals surface area contributed by atoms with Crippen molar-refractivity contribution in [2.24, 2.45) is 0 Å². The van der Waals surface area contributed by atoms with E-state index in [2.05, 4.69) is 0 Å². The summed E-state index contributed by atoms with van der Waals surface area (Å²) in [5.41, 5.74) is 5.79. The molecule has 0 atom stereocenters. The Morgan fingerprint density at radius 3 is 2.55 bits per heavy atom. The van der Waals surface area contributed by atoms with E-state index in [0.29, 0.717) is 6.42 Å². The van der Waals surface area contributed by atoms with Gasteiger partial charge < -0.3 is 5.73 Å². The van der Waals surface area contributed by atoms with Crippen LogP contribution in [0.2, 0.25) is 5.02 Å². The topological polar surface area (TPSA) is 97.5 Å². The first-order valence-electron chi connectivity index (χ1n) is 5.98. The van der Waals surface area contributed by atoms with E-state index >= 15 is 0 Å². The van der Waals surface area contributed by atoms with Crippen molar-refractivity contribution in [3.05, 3.63) is 23.2 Å². The van der Waals surface area contributed by atoms with E-state index < -0.39 is 19.9 Å². The second-order valence-electron chi connectivity index (χ2n) is 4.59. The van der Waals surface area contributed by atoms with Crippen LogP contribution in [0.5, 0.6) is 0 Å². The predicted octanol–water partition coefficient (Wildman–Crippen LogP) is 0.731. The number of sulfonamides is 1. The third kappa shape index (κ3) is 3.25. The fourth-order valence-corrected chi connectivity index (χ4v) is 5.01. The van der Waals surface area contributed by atoms with Crippen molar-refractivity contribution >= 4 is 37.1 Å². The molecule has 1 saturated heterocycles. The highest BCUT2D eigenvalue weighted by Gasteiger charge is 2.29. The highest BCUT2D eigenvalue weighted by atomic mass is 35.5. The number of anilines is 1. The maximum absolute atomic E-state index is 12.4. The fraction of sp³-hybridized carbons (Fsp3) is 0.455. The first kappa shape index (κ1) is 15.6. The zero-order chi connectivity index (χ0) is 15.0. The molecule has 6 nitrogen and oxygen atoms in total. The summed E-state index contributed by atoms with van der Waals surface area (Å²) in [5, 5.41) is 0.280. The van der Waals surface area contributed by atoms with Gasteiger partial charge in [-0.2, -0.15) is 4.31 Å². The van der Waals surface area contributed by atoms with Gasteiger partial charge in [0.1, 0.15) is 0 Å². The number of hydrogen-bond donors (Lipinski definition) is 1. The van der Waals surface area contributed by atoms with Crippen molar-refractivity contribution in [1.82, 2.24) is 4.31 Å². The second kappa shape index (κ2) is 5.51. The van der Waals surface area contributed by atoms with Gasteiger partial charge in [-0.3, -0.25) is 0 Å². The van der Waals surface area contributed by atoms with Crippen LogP contribution in [0.3, 0.4) is 0 Å². The lowest BCUT2D eigenvalue weighted by Crippen LogP contribution is -2.33. The molecule has 0 spiro atoms. The van der Waals surface area contributed by atoms with Crippen LogP contribution in [0.15, 0.2) is 23.1 Å². The molecule has 112 valence electrons. The Bertz CT molecular complexity index is 716. The smallest absolute Gasteiger partial charge is 0.243 e. The number of hydrogen-bond acceptors (Lipinski definition) is 5. The molecule has 1 fully saturated rings. The molecule has 20 heavy (non-hydrogen) atoms. The van der Waals surface area contributed by atoms with Crippen LogP contribution < -0.4 is 5.73 Å². The Morgan fingerprint density at radius 1 is 1.20 bits per heavy atom. The average Bonchev–Trinajstić information content (AvgIpc) is 2.54. The molecule has 1 aromatic carbocycles. The van der Waals surface area contributed by atoms with Crippen LogP contribution in [-0.4, -0.2) is 45.7 Å². The molecule has 2 rings (SSSR count). The molecule has 1 aliphatic heterocycles. The molecule has 0 amide bonds. The lowest BCUT2D eigenvalue weighted by atomic mass is 10.3. The molecule has 0 bridgehead atoms. The number of nitrogen functional groups attached to an aromatic ring is 1. The van der Waals surface area contributed by atoms with Crippen molar-refractivity contribution in [1.29, 1.82) is 0 Å². The number of sulfone groups is 1. The van der Waals surface area contributed by atoms with Crippen LogP contribution in [0.25, 0.3) is 0 Å². The van der Waals surface area contributed by atoms with Crippen molar-refractivity contribution in [2.45, 2.75) is 11.3 Å². The molecule has 0 aliphatic carbocycles. The summed E-state index contributed by atoms with van der Waals surface area (Å²) in [4.78, 5) is 0.0266. The van der Waals surface area contributed by atoms with Gasteiger partial charge in [-0.15, -0.1) is 0 Å². The van der Waals surface area contributed by atoms with E-state index in [0.717, 1.165) is 0 Å². The van der Waals surface area contributed by atoms with Crippen LogP contribution in [0, 0.1) is 0 Å². The van der Waals surface area contributed by atoms with Crippen LogP contribution in [-0.2, 0) is 19.9 Å². The normalized spacial score (nSPS) is 20.4. The summed E-state index contributed by atoms with van der Waals surface area (Å²) in [6.07, 6.45) is 0.296. The Labute approximate surface area is 123 Å². The maximum atomic E-state index is 12.4. The molecule has 0 saturated carbocycles. The average molecular weight is 339 g/mol. The quantitative estimate of drug-likeness (QED) is 0.802. The van der Waals surface area contributed by atoms with E-state index in [9.17, 15) is 16.8 Å². The summed E-state index contributed by atoms with van der Waals surface area (Å²) in [6, 6.07) is 4.07. The van der Waals surface area contributed by atoms with Gasteiger partial charge in [-0.25, -0.2) is 16.8 Å². The summed E-state index contributed by atoms with van der Waals surface area (Å²) in [5.74, 6) is -0.142. The molecular weight excluding hydrogens is 324 g/mol. The minimum absolute atomic E-state index is 0.0157. The summed E-state index contributed by atoms with van der Waals surface area (Å²) in [7, 11) is -6.91. The van der Waals surface area contributed by atoms with E-state index in [-0.39, 0.29) is 40.2 Å². The summed E-state index contributed by atoms with van der Waals surface area (Å²) in [6.45, 7) is 0.150. The van der Waals surface area contributed by atoms with Crippen LogP contribution in [0.4, 0.5) is 5.69 Å². The first-order chi connectivity index (χ1) is 9.22. The Balaban J connectivity index is 2.32. The molecular formula is C11H15ClN2O4S2. The van der Waals surface area contributed by atoms with Gasteiger partial charge in [0.05, 0.1) is 27.1 Å². The van der Waals surface area contributed by atoms with Gasteiger partial charge in [0.2, 0.25) is 10.0 Å². The lowest BCUT2D eigenvalue weighted by Gasteiger charge is -2.19. The molecule has 1 aromatic rings. The number of rotatable bonds is 2. The molecule has 0 radical (unpaired) electrons. The van der Waals surface area contributed by atoms with Crippen molar-refractivity contribution in [3.63, 3.8) is 0 Å². The second-order valence-corrected chi connectivity index (χ2v) is 9.24. The first-order valence-corrected chi connectivity index (χ1v) is 9.62. The van der Waals surface area contributed by atoms with Gasteiger partial charge >= 0.3 is 0 Å². The van der Waals surface area contributed by atoms with Gasteiger partial charge in [0, 0.05) is 13.1 Å². The van der Waals surface area contributed by atoms with Crippen LogP contribution in [0.1, 0.15) is 6.42 Å². The van der Waals surface area contributed by atoms with Gasteiger partial charge in [0.25, 0.3) is 0 Å². The molecule has 9 heteroatoms. The number of nitrogens with two attached hydrogens (primary N) is 1. The lowest BCUT2D eigenvalue weighted by molar-refractivity contribution is 0.434. The summed E-state index contributed by atoms with van der Waals surface area (Å²) >= 11 is 5.77. The van der Waals surface area contributed by atoms with Crippen molar-refractivity contribution < 1.29 is 16.8 Å². The monoisotopic (exact) mass is 338 g/mol. The molecule has 1 aliphatic rings. The third-order valence-corrected chi connectivity index (χ3v) is 7.07. The molecule has 0 aromatic heterocycles. The van der Waals surface area contributed by atoms with E-state index in [1.54, 1.807) is 0 Å². The maximum Gasteiger partial charge on any atom is 0.243 e. The number of nitrogens with zero attached hydrogens (tertiary/aromatic N) is 1. The number of benzene rings is 1. The van der Waals surface area contributed by atoms with Gasteiger partial charge in [-0.05, 0) is 24.6 Å². The third-order valence-electron chi connectivity index (χ3n) is 3.12. The summed E-state index contributed by atoms with van der Waals surface area (Å²) < 4.78 is 49.1. The zero-order valence-corrected chi connectivity index (χ0v) is 13.0. The fourth-order valence-electron chi connectivity index (χ4n) is 1.99. The largest absolute Gasteiger partial charge is 0.397 e. The van der Waals surface area contributed by atoms with E-state index in [1.807, 2.05) is 0 Å². The van der Waals surface area contributed by atoms with Crippen molar-refractivity contribution in [2.75, 3.05) is 30.3 Å². The van der Waals surface area contributed by atoms with E-state index in [1.165, 1.54) is 22.5 Å². The number of halogens is 1. The molecule has 0 unspecified atom stereocenters.